The van der Waals surface area contributed by atoms with E-state index in [0.717, 1.165) is 24.3 Å². The third-order valence-electron chi connectivity index (χ3n) is 2.41. The van der Waals surface area contributed by atoms with Crippen molar-refractivity contribution < 1.29 is 8.78 Å². The highest BCUT2D eigenvalue weighted by Gasteiger charge is 2.12. The molecule has 0 radical (unpaired) electrons. The van der Waals surface area contributed by atoms with Crippen LogP contribution in [0.25, 0.3) is 0 Å². The Balaban J connectivity index is 2.78. The molecule has 4 heteroatoms. The van der Waals surface area contributed by atoms with Gasteiger partial charge in [0.25, 0.3) is 0 Å². The van der Waals surface area contributed by atoms with Gasteiger partial charge in [-0.15, -0.1) is 0 Å². The van der Waals surface area contributed by atoms with Gasteiger partial charge in [-0.1, -0.05) is 13.0 Å². The van der Waals surface area contributed by atoms with Gasteiger partial charge in [0, 0.05) is 6.04 Å². The minimum absolute atomic E-state index is 0.104. The van der Waals surface area contributed by atoms with E-state index in [9.17, 15) is 8.78 Å². The Morgan fingerprint density at radius 3 is 2.62 bits per heavy atom. The lowest BCUT2D eigenvalue weighted by atomic mass is 10.0. The summed E-state index contributed by atoms with van der Waals surface area (Å²) in [5.41, 5.74) is 0.815. The number of hydrogen-bond acceptors (Lipinski definition) is 2. The zero-order chi connectivity index (χ0) is 12.0. The normalized spacial score (nSPS) is 12.8. The Labute approximate surface area is 99.6 Å². The molecule has 1 nitrogen and oxygen atoms in total. The minimum atomic E-state index is -0.788. The Bertz CT molecular complexity index is 331. The maximum atomic E-state index is 13.1. The van der Waals surface area contributed by atoms with E-state index in [0.29, 0.717) is 0 Å². The van der Waals surface area contributed by atoms with E-state index < -0.39 is 11.6 Å². The standard InChI is InChI=1S/C12H17F2NS/c1-3-15-12(6-7-16-2)9-4-5-10(13)11(14)8-9/h4-5,8,12,15H,3,6-7H2,1-2H3. The summed E-state index contributed by atoms with van der Waals surface area (Å²) < 4.78 is 25.9. The first-order valence-electron chi connectivity index (χ1n) is 5.36. The number of halogens is 2. The van der Waals surface area contributed by atoms with Crippen LogP contribution in [0.1, 0.15) is 24.9 Å². The highest BCUT2D eigenvalue weighted by Crippen LogP contribution is 2.20. The monoisotopic (exact) mass is 245 g/mol. The first-order chi connectivity index (χ1) is 7.69. The maximum absolute atomic E-state index is 13.1. The van der Waals surface area contributed by atoms with Crippen LogP contribution in [0.2, 0.25) is 0 Å². The molecule has 0 fully saturated rings. The lowest BCUT2D eigenvalue weighted by molar-refractivity contribution is 0.495. The zero-order valence-electron chi connectivity index (χ0n) is 9.59. The summed E-state index contributed by atoms with van der Waals surface area (Å²) in [6.45, 7) is 2.82. The summed E-state index contributed by atoms with van der Waals surface area (Å²) in [5.74, 6) is -0.565. The molecule has 0 aliphatic carbocycles. The van der Waals surface area contributed by atoms with E-state index in [1.165, 1.54) is 12.1 Å². The van der Waals surface area contributed by atoms with Gasteiger partial charge in [0.2, 0.25) is 0 Å². The fourth-order valence-electron chi connectivity index (χ4n) is 1.60. The molecule has 0 aromatic heterocycles. The third kappa shape index (κ3) is 3.76. The van der Waals surface area contributed by atoms with Crippen LogP contribution in [-0.2, 0) is 0 Å². The molecule has 0 saturated heterocycles. The molecular weight excluding hydrogens is 228 g/mol. The van der Waals surface area contributed by atoms with Crippen LogP contribution in [0.5, 0.6) is 0 Å². The zero-order valence-corrected chi connectivity index (χ0v) is 10.4. The highest BCUT2D eigenvalue weighted by molar-refractivity contribution is 7.98. The van der Waals surface area contributed by atoms with E-state index in [1.54, 1.807) is 17.8 Å². The van der Waals surface area contributed by atoms with Crippen molar-refractivity contribution >= 4 is 11.8 Å². The summed E-state index contributed by atoms with van der Waals surface area (Å²) in [4.78, 5) is 0. The average molecular weight is 245 g/mol. The smallest absolute Gasteiger partial charge is 0.159 e. The van der Waals surface area contributed by atoms with Gasteiger partial charge in [-0.2, -0.15) is 11.8 Å². The largest absolute Gasteiger partial charge is 0.310 e. The molecule has 1 unspecified atom stereocenters. The lowest BCUT2D eigenvalue weighted by Crippen LogP contribution is -2.21. The van der Waals surface area contributed by atoms with Crippen molar-refractivity contribution in [2.45, 2.75) is 19.4 Å². The van der Waals surface area contributed by atoms with Crippen LogP contribution in [0.3, 0.4) is 0 Å². The van der Waals surface area contributed by atoms with Crippen molar-refractivity contribution in [1.82, 2.24) is 5.32 Å². The van der Waals surface area contributed by atoms with Crippen LogP contribution in [0.15, 0.2) is 18.2 Å². The molecule has 0 amide bonds. The van der Waals surface area contributed by atoms with Crippen molar-refractivity contribution in [3.63, 3.8) is 0 Å². The molecule has 1 rings (SSSR count). The first kappa shape index (κ1) is 13.5. The summed E-state index contributed by atoms with van der Waals surface area (Å²) in [6.07, 6.45) is 2.95. The van der Waals surface area contributed by atoms with Gasteiger partial charge in [0.15, 0.2) is 11.6 Å². The second-order valence-corrected chi connectivity index (χ2v) is 4.55. The van der Waals surface area contributed by atoms with Crippen molar-refractivity contribution in [3.8, 4) is 0 Å². The molecule has 1 atom stereocenters. The first-order valence-corrected chi connectivity index (χ1v) is 6.75. The molecule has 0 aliphatic rings. The van der Waals surface area contributed by atoms with Crippen molar-refractivity contribution in [3.05, 3.63) is 35.4 Å². The molecule has 0 bridgehead atoms. The fourth-order valence-corrected chi connectivity index (χ4v) is 2.07. The molecular formula is C12H17F2NS. The number of benzene rings is 1. The quantitative estimate of drug-likeness (QED) is 0.824. The van der Waals surface area contributed by atoms with E-state index in [-0.39, 0.29) is 6.04 Å². The van der Waals surface area contributed by atoms with E-state index >= 15 is 0 Å². The SMILES string of the molecule is CCNC(CCSC)c1ccc(F)c(F)c1. The van der Waals surface area contributed by atoms with E-state index in [2.05, 4.69) is 5.32 Å². The molecule has 1 aromatic carbocycles. The fraction of sp³-hybridized carbons (Fsp3) is 0.500. The second kappa shape index (κ2) is 6.86. The summed E-state index contributed by atoms with van der Waals surface area (Å²) >= 11 is 1.75. The molecule has 90 valence electrons. The van der Waals surface area contributed by atoms with E-state index in [1.807, 2.05) is 13.2 Å². The van der Waals surface area contributed by atoms with Gasteiger partial charge < -0.3 is 5.32 Å². The van der Waals surface area contributed by atoms with Crippen LogP contribution < -0.4 is 5.32 Å². The van der Waals surface area contributed by atoms with Gasteiger partial charge >= 0.3 is 0 Å². The van der Waals surface area contributed by atoms with Crippen molar-refractivity contribution in [1.29, 1.82) is 0 Å². The second-order valence-electron chi connectivity index (χ2n) is 3.57. The third-order valence-corrected chi connectivity index (χ3v) is 3.05. The Hall–Kier alpha value is -0.610. The predicted molar refractivity (Wildman–Crippen MR) is 65.8 cm³/mol. The number of nitrogens with one attached hydrogen (secondary N) is 1. The summed E-state index contributed by atoms with van der Waals surface area (Å²) in [7, 11) is 0. The predicted octanol–water partition coefficient (Wildman–Crippen LogP) is 3.37. The van der Waals surface area contributed by atoms with Gasteiger partial charge in [0.05, 0.1) is 0 Å². The van der Waals surface area contributed by atoms with Crippen LogP contribution in [0.4, 0.5) is 8.78 Å². The molecule has 1 aromatic rings. The van der Waals surface area contributed by atoms with Crippen LogP contribution >= 0.6 is 11.8 Å². The molecule has 0 aliphatic heterocycles. The average Bonchev–Trinajstić information content (AvgIpc) is 2.28. The molecule has 0 spiro atoms. The number of hydrogen-bond donors (Lipinski definition) is 1. The molecule has 16 heavy (non-hydrogen) atoms. The summed E-state index contributed by atoms with van der Waals surface area (Å²) in [6, 6.07) is 4.22. The number of rotatable bonds is 6. The minimum Gasteiger partial charge on any atom is -0.310 e. The Morgan fingerprint density at radius 1 is 1.31 bits per heavy atom. The molecule has 1 N–H and O–H groups in total. The van der Waals surface area contributed by atoms with Gasteiger partial charge in [-0.25, -0.2) is 8.78 Å². The van der Waals surface area contributed by atoms with Crippen molar-refractivity contribution in [2.75, 3.05) is 18.6 Å². The molecule has 0 heterocycles. The van der Waals surface area contributed by atoms with E-state index in [4.69, 9.17) is 0 Å². The highest BCUT2D eigenvalue weighted by atomic mass is 32.2. The van der Waals surface area contributed by atoms with Crippen LogP contribution in [-0.4, -0.2) is 18.6 Å². The van der Waals surface area contributed by atoms with Gasteiger partial charge in [-0.05, 0) is 42.7 Å². The topological polar surface area (TPSA) is 12.0 Å². The Kier molecular flexibility index (Phi) is 5.77. The van der Waals surface area contributed by atoms with Crippen LogP contribution in [0, 0.1) is 11.6 Å². The van der Waals surface area contributed by atoms with Gasteiger partial charge in [-0.3, -0.25) is 0 Å². The van der Waals surface area contributed by atoms with Crippen molar-refractivity contribution in [2.24, 2.45) is 0 Å². The van der Waals surface area contributed by atoms with Gasteiger partial charge in [0.1, 0.15) is 0 Å². The lowest BCUT2D eigenvalue weighted by Gasteiger charge is -2.18. The summed E-state index contributed by atoms with van der Waals surface area (Å²) in [5, 5.41) is 3.28. The number of thioether (sulfide) groups is 1. The maximum Gasteiger partial charge on any atom is 0.159 e. The Morgan fingerprint density at radius 2 is 2.06 bits per heavy atom. The molecule has 0 saturated carbocycles.